The molecular weight excluding hydrogens is 1170 g/mol. The molecule has 0 heterocycles. The Kier molecular flexibility index (Phi) is 72.9. The summed E-state index contributed by atoms with van der Waals surface area (Å²) in [5.41, 5.74) is 0. The monoisotopic (exact) mass is 1330 g/mol. The Morgan fingerprint density at radius 1 is 0.326 bits per heavy atom. The fourth-order valence-electron chi connectivity index (χ4n) is 11.7. The Morgan fingerprint density at radius 3 is 0.905 bits per heavy atom. The van der Waals surface area contributed by atoms with Gasteiger partial charge in [-0.1, -0.05) is 361 Å². The lowest BCUT2D eigenvalue weighted by atomic mass is 10.0. The summed E-state index contributed by atoms with van der Waals surface area (Å²) in [5.74, 6) is -2.28. The Balaban J connectivity index is 4.00. The minimum atomic E-state index is -1.63. The molecule has 0 rings (SSSR count). The topological polar surface area (TPSA) is 111 Å². The maximum Gasteiger partial charge on any atom is 0.306 e. The van der Waals surface area contributed by atoms with Gasteiger partial charge in [-0.05, 0) is 96.3 Å². The van der Waals surface area contributed by atoms with E-state index in [2.05, 4.69) is 111 Å². The van der Waals surface area contributed by atoms with Gasteiger partial charge in [0.2, 0.25) is 0 Å². The first-order chi connectivity index (χ1) is 46.6. The zero-order valence-electron chi connectivity index (χ0n) is 63.0. The summed E-state index contributed by atoms with van der Waals surface area (Å²) in [6, 6.07) is 0. The first-order valence-electron chi connectivity index (χ1n) is 40.4. The molecular formula is C86H153NO8. The Labute approximate surface area is 588 Å². The van der Waals surface area contributed by atoms with Crippen molar-refractivity contribution in [3.8, 4) is 0 Å². The van der Waals surface area contributed by atoms with E-state index in [-0.39, 0.29) is 32.2 Å². The average Bonchev–Trinajstić information content (AvgIpc) is 3.24. The minimum absolute atomic E-state index is 0.144. The highest BCUT2D eigenvalue weighted by molar-refractivity contribution is 5.70. The van der Waals surface area contributed by atoms with Crippen LogP contribution in [0, 0.1) is 0 Å². The van der Waals surface area contributed by atoms with Gasteiger partial charge in [-0.3, -0.25) is 9.59 Å². The first-order valence-corrected chi connectivity index (χ1v) is 40.4. The predicted octanol–water partition coefficient (Wildman–Crippen LogP) is 24.6. The van der Waals surface area contributed by atoms with E-state index >= 15 is 0 Å². The lowest BCUT2D eigenvalue weighted by Crippen LogP contribution is -2.44. The van der Waals surface area contributed by atoms with Gasteiger partial charge in [0.25, 0.3) is 0 Å². The van der Waals surface area contributed by atoms with Crippen LogP contribution in [-0.2, 0) is 33.3 Å². The summed E-state index contributed by atoms with van der Waals surface area (Å²) in [6.07, 6.45) is 103. The molecule has 0 aliphatic heterocycles. The molecule has 0 radical (unpaired) electrons. The number of esters is 2. The van der Waals surface area contributed by atoms with Gasteiger partial charge in [0.15, 0.2) is 12.4 Å². The third kappa shape index (κ3) is 77.4. The van der Waals surface area contributed by atoms with Gasteiger partial charge in [-0.15, -0.1) is 0 Å². The first kappa shape index (κ1) is 91.2. The normalized spacial score (nSPS) is 13.1. The molecule has 0 saturated carbocycles. The van der Waals surface area contributed by atoms with Gasteiger partial charge in [0.05, 0.1) is 40.3 Å². The van der Waals surface area contributed by atoms with Crippen molar-refractivity contribution in [2.75, 3.05) is 47.5 Å². The fourth-order valence-corrected chi connectivity index (χ4v) is 11.7. The molecule has 95 heavy (non-hydrogen) atoms. The van der Waals surface area contributed by atoms with E-state index in [1.807, 2.05) is 21.1 Å². The number of rotatable bonds is 75. The van der Waals surface area contributed by atoms with E-state index in [0.29, 0.717) is 23.9 Å². The SMILES string of the molecule is CC/C=C\C/C=C\C/C=C\C/C=C\C/C=C\C/C=C\C/C=C\CCCCCCCCCCCC(=O)OC(COC(=O)CCCCCCCCCCCCCCCCCCCCCCCCCCCCC/C=C\CCCCCCCCCC)COC(OCC[N+](C)(C)C)C(=O)[O-]. The van der Waals surface area contributed by atoms with Crippen LogP contribution in [0.3, 0.4) is 0 Å². The van der Waals surface area contributed by atoms with Crippen molar-refractivity contribution in [1.82, 2.24) is 0 Å². The summed E-state index contributed by atoms with van der Waals surface area (Å²) in [4.78, 5) is 37.6. The summed E-state index contributed by atoms with van der Waals surface area (Å²) in [7, 11) is 5.94. The van der Waals surface area contributed by atoms with Crippen molar-refractivity contribution in [3.63, 3.8) is 0 Å². The van der Waals surface area contributed by atoms with Gasteiger partial charge in [0.1, 0.15) is 13.2 Å². The second-order valence-corrected chi connectivity index (χ2v) is 28.3. The standard InChI is InChI=1S/C86H153NO8/c1-6-8-10-12-14-16-18-20-22-24-26-28-30-32-34-36-38-39-40-41-42-43-44-45-47-48-50-52-54-56-58-60-62-64-66-68-70-72-74-76-83(88)93-80-82(81-94-86(85(90)91)92-79-78-87(3,4)5)95-84(89)77-75-73-71-69-67-65-63-61-59-57-55-53-51-49-46-37-35-33-31-29-27-25-23-21-19-17-15-13-11-9-7-2/h9,11,15,17,21,23-24,26-27,29,33,35,46,49,53,55,82,86H,6-8,10,12-14,16,18-20,22,25,28,30-32,34,36-45,47-48,50-52,54,56-81H2,1-5H3/b11-9-,17-15-,23-21-,26-24-,29-27-,35-33-,49-46-,55-53-. The van der Waals surface area contributed by atoms with Crippen molar-refractivity contribution in [2.45, 2.75) is 386 Å². The van der Waals surface area contributed by atoms with E-state index in [1.54, 1.807) is 0 Å². The molecule has 2 unspecified atom stereocenters. The van der Waals surface area contributed by atoms with Gasteiger partial charge in [-0.25, -0.2) is 0 Å². The maximum absolute atomic E-state index is 13.0. The van der Waals surface area contributed by atoms with Crippen LogP contribution < -0.4 is 5.11 Å². The highest BCUT2D eigenvalue weighted by Crippen LogP contribution is 2.19. The molecule has 0 amide bonds. The van der Waals surface area contributed by atoms with Gasteiger partial charge >= 0.3 is 11.9 Å². The Hall–Kier alpha value is -3.79. The largest absolute Gasteiger partial charge is 0.545 e. The predicted molar refractivity (Wildman–Crippen MR) is 407 cm³/mol. The number of hydrogen-bond donors (Lipinski definition) is 0. The lowest BCUT2D eigenvalue weighted by Gasteiger charge is -2.26. The van der Waals surface area contributed by atoms with Crippen LogP contribution in [0.25, 0.3) is 0 Å². The Morgan fingerprint density at radius 2 is 0.600 bits per heavy atom. The molecule has 0 aromatic rings. The number of quaternary nitrogens is 1. The molecule has 9 nitrogen and oxygen atoms in total. The summed E-state index contributed by atoms with van der Waals surface area (Å²) in [5, 5.41) is 11.9. The molecule has 0 fully saturated rings. The smallest absolute Gasteiger partial charge is 0.306 e. The molecule has 0 aromatic carbocycles. The molecule has 0 N–H and O–H groups in total. The number of aliphatic carboxylic acids is 1. The second-order valence-electron chi connectivity index (χ2n) is 28.3. The number of likely N-dealkylation sites (N-methyl/N-ethyl adjacent to an activating group) is 1. The maximum atomic E-state index is 13.0. The Bertz CT molecular complexity index is 1890. The highest BCUT2D eigenvalue weighted by Gasteiger charge is 2.22. The molecule has 0 spiro atoms. The molecule has 0 bridgehead atoms. The molecule has 2 atom stereocenters. The fraction of sp³-hybridized carbons (Fsp3) is 0.779. The van der Waals surface area contributed by atoms with Crippen LogP contribution in [0.1, 0.15) is 373 Å². The summed E-state index contributed by atoms with van der Waals surface area (Å²) < 4.78 is 22.9. The summed E-state index contributed by atoms with van der Waals surface area (Å²) >= 11 is 0. The van der Waals surface area contributed by atoms with Crippen molar-refractivity contribution in [2.24, 2.45) is 0 Å². The van der Waals surface area contributed by atoms with Gasteiger partial charge < -0.3 is 33.3 Å². The lowest BCUT2D eigenvalue weighted by molar-refractivity contribution is -0.870. The third-order valence-corrected chi connectivity index (χ3v) is 17.8. The van der Waals surface area contributed by atoms with Gasteiger partial charge in [-0.2, -0.15) is 0 Å². The van der Waals surface area contributed by atoms with E-state index in [0.717, 1.165) is 89.9 Å². The number of hydrogen-bond acceptors (Lipinski definition) is 8. The number of carboxylic acids is 1. The van der Waals surface area contributed by atoms with E-state index in [9.17, 15) is 19.5 Å². The summed E-state index contributed by atoms with van der Waals surface area (Å²) in [6.45, 7) is 4.67. The molecule has 9 heteroatoms. The second kappa shape index (κ2) is 76.0. The van der Waals surface area contributed by atoms with Crippen molar-refractivity contribution >= 4 is 17.9 Å². The highest BCUT2D eigenvalue weighted by atomic mass is 16.7. The zero-order valence-corrected chi connectivity index (χ0v) is 63.0. The number of nitrogens with zero attached hydrogens (tertiary/aromatic N) is 1. The van der Waals surface area contributed by atoms with Crippen LogP contribution in [0.5, 0.6) is 0 Å². The quantitative estimate of drug-likeness (QED) is 0.0195. The van der Waals surface area contributed by atoms with Crippen LogP contribution in [-0.4, -0.2) is 82.3 Å². The van der Waals surface area contributed by atoms with Crippen molar-refractivity contribution in [1.29, 1.82) is 0 Å². The molecule has 0 aromatic heterocycles. The van der Waals surface area contributed by atoms with Gasteiger partial charge in [0, 0.05) is 12.8 Å². The van der Waals surface area contributed by atoms with Crippen LogP contribution >= 0.6 is 0 Å². The number of unbranched alkanes of at least 4 members (excludes halogenated alkanes) is 44. The van der Waals surface area contributed by atoms with Crippen LogP contribution in [0.15, 0.2) is 97.2 Å². The number of carbonyl (C=O) groups excluding carboxylic acids is 3. The zero-order chi connectivity index (χ0) is 69.0. The number of carbonyl (C=O) groups is 3. The van der Waals surface area contributed by atoms with Crippen molar-refractivity contribution in [3.05, 3.63) is 97.2 Å². The third-order valence-electron chi connectivity index (χ3n) is 17.8. The average molecular weight is 1330 g/mol. The number of ether oxygens (including phenoxy) is 4. The molecule has 0 saturated heterocycles. The van der Waals surface area contributed by atoms with E-state index < -0.39 is 24.3 Å². The molecule has 550 valence electrons. The minimum Gasteiger partial charge on any atom is -0.545 e. The van der Waals surface area contributed by atoms with E-state index in [1.165, 1.54) is 250 Å². The molecule has 0 aliphatic rings. The van der Waals surface area contributed by atoms with Crippen LogP contribution in [0.2, 0.25) is 0 Å². The molecule has 0 aliphatic carbocycles. The number of allylic oxidation sites excluding steroid dienone is 16. The number of carboxylic acid groups (broad SMARTS) is 1. The van der Waals surface area contributed by atoms with E-state index in [4.69, 9.17) is 18.9 Å². The van der Waals surface area contributed by atoms with Crippen molar-refractivity contribution < 1.29 is 42.9 Å². The van der Waals surface area contributed by atoms with Crippen LogP contribution in [0.4, 0.5) is 0 Å².